The maximum Gasteiger partial charge on any atom is 0.335 e. The zero-order valence-corrected chi connectivity index (χ0v) is 19.7. The Hall–Kier alpha value is -4.23. The third kappa shape index (κ3) is 5.31. The van der Waals surface area contributed by atoms with Gasteiger partial charge >= 0.3 is 5.97 Å². The largest absolute Gasteiger partial charge is 0.490 e. The highest BCUT2D eigenvalue weighted by Gasteiger charge is 2.14. The molecule has 178 valence electrons. The lowest BCUT2D eigenvalue weighted by molar-refractivity contribution is 0.0697. The highest BCUT2D eigenvalue weighted by atomic mass is 35.5. The minimum atomic E-state index is -1.08. The number of nitrogens with one attached hydrogen (secondary N) is 1. The first kappa shape index (κ1) is 23.9. The van der Waals surface area contributed by atoms with Gasteiger partial charge in [-0.15, -0.1) is 0 Å². The van der Waals surface area contributed by atoms with E-state index in [4.69, 9.17) is 21.1 Å². The Labute approximate surface area is 206 Å². The van der Waals surface area contributed by atoms with Crippen LogP contribution in [0, 0.1) is 0 Å². The number of ether oxygens (including phenoxy) is 2. The number of aromatic carboxylic acids is 1. The normalized spacial score (nSPS) is 11.4. The van der Waals surface area contributed by atoms with Crippen LogP contribution in [0.4, 0.5) is 0 Å². The molecule has 0 bridgehead atoms. The van der Waals surface area contributed by atoms with E-state index in [1.165, 1.54) is 16.8 Å². The van der Waals surface area contributed by atoms with E-state index in [-0.39, 0.29) is 11.1 Å². The van der Waals surface area contributed by atoms with Crippen LogP contribution < -0.4 is 25.6 Å². The molecule has 1 heterocycles. The average molecular weight is 491 g/mol. The number of carboxylic acids is 1. The molecule has 35 heavy (non-hydrogen) atoms. The number of rotatable bonds is 8. The molecule has 7 nitrogen and oxygen atoms in total. The maximum atomic E-state index is 13.1. The van der Waals surface area contributed by atoms with Crippen molar-refractivity contribution in [3.8, 4) is 17.2 Å². The summed E-state index contributed by atoms with van der Waals surface area (Å²) >= 11 is 6.54. The molecule has 0 unspecified atom stereocenters. The van der Waals surface area contributed by atoms with Crippen molar-refractivity contribution in [3.05, 3.63) is 109 Å². The molecule has 0 radical (unpaired) electrons. The van der Waals surface area contributed by atoms with Gasteiger partial charge in [-0.1, -0.05) is 54.6 Å². The standard InChI is InChI=1S/C27H23ClN2O5/c1-3-34-24-14-19(13-23(28)25(24)35-16-18-8-5-4-6-9-18)12-22-17(2)29-30(26(22)31)21-11-7-10-20(15-21)27(32)33/h4-15,29H,2-3,16H2,1H3,(H,32,33)/b22-12-. The fourth-order valence-electron chi connectivity index (χ4n) is 3.57. The summed E-state index contributed by atoms with van der Waals surface area (Å²) in [5.41, 5.74) is 1.69. The zero-order valence-electron chi connectivity index (χ0n) is 19.0. The van der Waals surface area contributed by atoms with Crippen molar-refractivity contribution in [2.75, 3.05) is 6.61 Å². The summed E-state index contributed by atoms with van der Waals surface area (Å²) < 4.78 is 13.0. The van der Waals surface area contributed by atoms with Gasteiger partial charge in [0.1, 0.15) is 6.61 Å². The molecule has 1 aromatic heterocycles. The van der Waals surface area contributed by atoms with E-state index in [0.717, 1.165) is 5.56 Å². The Kier molecular flexibility index (Phi) is 7.08. The van der Waals surface area contributed by atoms with Crippen molar-refractivity contribution in [2.45, 2.75) is 13.5 Å². The number of aromatic nitrogens is 2. The van der Waals surface area contributed by atoms with Gasteiger partial charge in [0.25, 0.3) is 5.56 Å². The number of hydrogen-bond acceptors (Lipinski definition) is 4. The predicted octanol–water partition coefficient (Wildman–Crippen LogP) is 3.73. The number of hydrogen-bond donors (Lipinski definition) is 2. The number of H-pyrrole nitrogens is 1. The summed E-state index contributed by atoms with van der Waals surface area (Å²) in [7, 11) is 0. The van der Waals surface area contributed by atoms with Crippen LogP contribution in [0.3, 0.4) is 0 Å². The first-order valence-electron chi connectivity index (χ1n) is 10.9. The van der Waals surface area contributed by atoms with Crippen molar-refractivity contribution in [2.24, 2.45) is 0 Å². The fraction of sp³-hybridized carbons (Fsp3) is 0.111. The van der Waals surface area contributed by atoms with Crippen molar-refractivity contribution >= 4 is 30.2 Å². The second-order valence-corrected chi connectivity index (χ2v) is 8.09. The van der Waals surface area contributed by atoms with Crippen molar-refractivity contribution in [1.29, 1.82) is 0 Å². The summed E-state index contributed by atoms with van der Waals surface area (Å²) in [5, 5.41) is 13.2. The van der Waals surface area contributed by atoms with Gasteiger partial charge in [-0.2, -0.15) is 0 Å². The van der Waals surface area contributed by atoms with E-state index in [9.17, 15) is 14.7 Å². The molecular formula is C27H23ClN2O5. The van der Waals surface area contributed by atoms with Crippen LogP contribution in [0.1, 0.15) is 28.4 Å². The van der Waals surface area contributed by atoms with Crippen LogP contribution in [0.2, 0.25) is 5.02 Å². The Bertz CT molecular complexity index is 1540. The summed E-state index contributed by atoms with van der Waals surface area (Å²) in [6.07, 6.45) is 1.65. The topological polar surface area (TPSA) is 93.6 Å². The number of halogens is 1. The molecule has 0 aliphatic carbocycles. The monoisotopic (exact) mass is 490 g/mol. The Balaban J connectivity index is 1.73. The molecule has 0 saturated heterocycles. The number of carbonyl (C=O) groups is 1. The summed E-state index contributed by atoms with van der Waals surface area (Å²) in [4.78, 5) is 24.4. The number of nitrogens with zero attached hydrogens (tertiary/aromatic N) is 1. The lowest BCUT2D eigenvalue weighted by Crippen LogP contribution is -2.34. The van der Waals surface area contributed by atoms with Gasteiger partial charge in [0.05, 0.1) is 33.4 Å². The molecule has 0 aliphatic heterocycles. The third-order valence-corrected chi connectivity index (χ3v) is 5.51. The third-order valence-electron chi connectivity index (χ3n) is 5.23. The lowest BCUT2D eigenvalue weighted by atomic mass is 10.1. The first-order chi connectivity index (χ1) is 16.9. The molecular weight excluding hydrogens is 468 g/mol. The number of benzene rings is 3. The quantitative estimate of drug-likeness (QED) is 0.392. The minimum absolute atomic E-state index is 0.0689. The zero-order chi connectivity index (χ0) is 24.9. The van der Waals surface area contributed by atoms with Crippen LogP contribution >= 0.6 is 11.6 Å². The Morgan fingerprint density at radius 3 is 2.60 bits per heavy atom. The van der Waals surface area contributed by atoms with Gasteiger partial charge in [-0.25, -0.2) is 9.48 Å². The summed E-state index contributed by atoms with van der Waals surface area (Å²) in [6, 6.07) is 19.2. The van der Waals surface area contributed by atoms with Crippen LogP contribution in [0.5, 0.6) is 11.5 Å². The van der Waals surface area contributed by atoms with Gasteiger partial charge in [-0.05, 0) is 54.5 Å². The van der Waals surface area contributed by atoms with E-state index in [1.54, 1.807) is 30.3 Å². The molecule has 0 atom stereocenters. The Morgan fingerprint density at radius 1 is 1.11 bits per heavy atom. The minimum Gasteiger partial charge on any atom is -0.490 e. The molecule has 0 amide bonds. The van der Waals surface area contributed by atoms with Crippen LogP contribution in [-0.2, 0) is 6.61 Å². The van der Waals surface area contributed by atoms with E-state index in [0.29, 0.717) is 51.6 Å². The Morgan fingerprint density at radius 2 is 1.89 bits per heavy atom. The molecule has 3 aromatic carbocycles. The fourth-order valence-corrected chi connectivity index (χ4v) is 3.85. The van der Waals surface area contributed by atoms with Gasteiger partial charge < -0.3 is 14.6 Å². The number of aromatic amines is 1. The van der Waals surface area contributed by atoms with E-state index in [1.807, 2.05) is 37.3 Å². The smallest absolute Gasteiger partial charge is 0.335 e. The van der Waals surface area contributed by atoms with E-state index < -0.39 is 5.97 Å². The second-order valence-electron chi connectivity index (χ2n) is 7.68. The molecule has 2 N–H and O–H groups in total. The molecule has 4 aromatic rings. The molecule has 0 spiro atoms. The average Bonchev–Trinajstić information content (AvgIpc) is 3.13. The van der Waals surface area contributed by atoms with E-state index >= 15 is 0 Å². The van der Waals surface area contributed by atoms with Crippen molar-refractivity contribution in [1.82, 2.24) is 9.78 Å². The summed E-state index contributed by atoms with van der Waals surface area (Å²) in [6.45, 7) is 6.51. The van der Waals surface area contributed by atoms with Crippen molar-refractivity contribution in [3.63, 3.8) is 0 Å². The second kappa shape index (κ2) is 10.4. The van der Waals surface area contributed by atoms with Gasteiger partial charge in [0.15, 0.2) is 11.5 Å². The van der Waals surface area contributed by atoms with Crippen LogP contribution in [0.25, 0.3) is 18.3 Å². The van der Waals surface area contributed by atoms with Gasteiger partial charge in [0, 0.05) is 0 Å². The highest BCUT2D eigenvalue weighted by molar-refractivity contribution is 6.32. The molecule has 0 saturated carbocycles. The maximum absolute atomic E-state index is 13.1. The SMILES string of the molecule is C=c1[nH]n(-c2cccc(C(=O)O)c2)c(=O)/c1=C\c1cc(Cl)c(OCc2ccccc2)c(OCC)c1. The molecule has 0 aliphatic rings. The highest BCUT2D eigenvalue weighted by Crippen LogP contribution is 2.37. The first-order valence-corrected chi connectivity index (χ1v) is 11.2. The summed E-state index contributed by atoms with van der Waals surface area (Å²) in [5.74, 6) is -0.208. The van der Waals surface area contributed by atoms with Gasteiger partial charge in [-0.3, -0.25) is 9.89 Å². The lowest BCUT2D eigenvalue weighted by Gasteiger charge is -2.14. The molecule has 0 fully saturated rings. The van der Waals surface area contributed by atoms with E-state index in [2.05, 4.69) is 11.7 Å². The van der Waals surface area contributed by atoms with Crippen LogP contribution in [0.15, 0.2) is 71.5 Å². The van der Waals surface area contributed by atoms with Crippen molar-refractivity contribution < 1.29 is 19.4 Å². The van der Waals surface area contributed by atoms with Crippen LogP contribution in [-0.4, -0.2) is 27.5 Å². The molecule has 4 rings (SSSR count). The predicted molar refractivity (Wildman–Crippen MR) is 135 cm³/mol. The van der Waals surface area contributed by atoms with Gasteiger partial charge in [0.2, 0.25) is 0 Å². The number of carboxylic acid groups (broad SMARTS) is 1. The molecule has 8 heteroatoms.